The van der Waals surface area contributed by atoms with Crippen LogP contribution in [0.2, 0.25) is 10.0 Å². The van der Waals surface area contributed by atoms with Crippen LogP contribution in [0.15, 0.2) is 23.1 Å². The van der Waals surface area contributed by atoms with Gasteiger partial charge in [0, 0.05) is 10.9 Å². The zero-order valence-electron chi connectivity index (χ0n) is 10.5. The average molecular weight is 308 g/mol. The Morgan fingerprint density at radius 2 is 2.11 bits per heavy atom. The van der Waals surface area contributed by atoms with Gasteiger partial charge in [0.15, 0.2) is 0 Å². The Kier molecular flexibility index (Phi) is 8.11. The first-order chi connectivity index (χ1) is 8.67. The van der Waals surface area contributed by atoms with E-state index >= 15 is 0 Å². The minimum Gasteiger partial charge on any atom is -0.395 e. The molecular weight excluding hydrogens is 289 g/mol. The number of nitrogens with one attached hydrogen (secondary N) is 1. The normalized spacial score (nSPS) is 12.7. The molecule has 2 N–H and O–H groups in total. The Morgan fingerprint density at radius 3 is 2.72 bits per heavy atom. The van der Waals surface area contributed by atoms with Gasteiger partial charge in [0.2, 0.25) is 0 Å². The van der Waals surface area contributed by atoms with Gasteiger partial charge < -0.3 is 10.4 Å². The zero-order chi connectivity index (χ0) is 13.4. The van der Waals surface area contributed by atoms with Gasteiger partial charge in [0.05, 0.1) is 16.7 Å². The monoisotopic (exact) mass is 307 g/mol. The van der Waals surface area contributed by atoms with E-state index in [1.807, 2.05) is 18.2 Å². The van der Waals surface area contributed by atoms with E-state index in [1.165, 1.54) is 0 Å². The predicted octanol–water partition coefficient (Wildman–Crippen LogP) is 3.84. The van der Waals surface area contributed by atoms with Crippen LogP contribution in [0.3, 0.4) is 0 Å². The molecule has 0 bridgehead atoms. The molecule has 0 saturated heterocycles. The highest BCUT2D eigenvalue weighted by Gasteiger charge is 2.06. The molecule has 0 fully saturated rings. The maximum absolute atomic E-state index is 9.22. The van der Waals surface area contributed by atoms with Crippen LogP contribution in [0.5, 0.6) is 0 Å². The van der Waals surface area contributed by atoms with Crippen LogP contribution in [0.25, 0.3) is 0 Å². The van der Waals surface area contributed by atoms with Crippen molar-refractivity contribution in [3.05, 3.63) is 28.2 Å². The summed E-state index contributed by atoms with van der Waals surface area (Å²) in [4.78, 5) is 1.11. The summed E-state index contributed by atoms with van der Waals surface area (Å²) in [5.41, 5.74) is 0. The first kappa shape index (κ1) is 16.1. The number of benzene rings is 1. The molecule has 5 heteroatoms. The van der Waals surface area contributed by atoms with Crippen molar-refractivity contribution in [1.82, 2.24) is 5.32 Å². The fourth-order valence-electron chi connectivity index (χ4n) is 1.49. The Morgan fingerprint density at radius 1 is 1.33 bits per heavy atom. The highest BCUT2D eigenvalue weighted by atomic mass is 35.5. The average Bonchev–Trinajstić information content (AvgIpc) is 2.37. The van der Waals surface area contributed by atoms with Gasteiger partial charge in [-0.05, 0) is 43.3 Å². The van der Waals surface area contributed by atoms with Gasteiger partial charge in [-0.15, -0.1) is 11.8 Å². The van der Waals surface area contributed by atoms with Crippen LogP contribution in [-0.2, 0) is 0 Å². The number of aliphatic hydroxyl groups is 1. The number of aliphatic hydroxyl groups excluding tert-OH is 1. The van der Waals surface area contributed by atoms with Crippen LogP contribution in [0, 0.1) is 0 Å². The standard InChI is InChI=1S/C13H19Cl2NOS/c1-2-6-16-10(9-17)5-7-18-11-3-4-12(14)13(15)8-11/h3-4,8,10,16-17H,2,5-7,9H2,1H3. The molecule has 0 radical (unpaired) electrons. The first-order valence-electron chi connectivity index (χ1n) is 6.09. The molecule has 0 aromatic heterocycles. The topological polar surface area (TPSA) is 32.3 Å². The van der Waals surface area contributed by atoms with Crippen molar-refractivity contribution >= 4 is 35.0 Å². The Bertz CT molecular complexity index is 363. The van der Waals surface area contributed by atoms with Crippen LogP contribution >= 0.6 is 35.0 Å². The molecule has 0 aliphatic rings. The molecule has 0 aliphatic carbocycles. The Balaban J connectivity index is 2.33. The summed E-state index contributed by atoms with van der Waals surface area (Å²) in [7, 11) is 0. The zero-order valence-corrected chi connectivity index (χ0v) is 12.8. The summed E-state index contributed by atoms with van der Waals surface area (Å²) in [5, 5.41) is 13.7. The molecule has 102 valence electrons. The van der Waals surface area contributed by atoms with Gasteiger partial charge in [-0.1, -0.05) is 30.1 Å². The van der Waals surface area contributed by atoms with E-state index in [4.69, 9.17) is 23.2 Å². The Labute approximate surface area is 123 Å². The van der Waals surface area contributed by atoms with E-state index in [-0.39, 0.29) is 12.6 Å². The molecular formula is C13H19Cl2NOS. The highest BCUT2D eigenvalue weighted by Crippen LogP contribution is 2.28. The molecule has 1 aromatic carbocycles. The second kappa shape index (κ2) is 9.05. The molecule has 0 aliphatic heterocycles. The predicted molar refractivity (Wildman–Crippen MR) is 81.0 cm³/mol. The number of rotatable bonds is 8. The van der Waals surface area contributed by atoms with E-state index < -0.39 is 0 Å². The van der Waals surface area contributed by atoms with E-state index in [9.17, 15) is 5.11 Å². The maximum atomic E-state index is 9.22. The molecule has 1 aromatic rings. The maximum Gasteiger partial charge on any atom is 0.0603 e. The van der Waals surface area contributed by atoms with Gasteiger partial charge >= 0.3 is 0 Å². The lowest BCUT2D eigenvalue weighted by molar-refractivity contribution is 0.240. The van der Waals surface area contributed by atoms with Crippen molar-refractivity contribution in [2.24, 2.45) is 0 Å². The third-order valence-electron chi connectivity index (χ3n) is 2.53. The molecule has 0 saturated carbocycles. The summed E-state index contributed by atoms with van der Waals surface area (Å²) in [6, 6.07) is 5.83. The lowest BCUT2D eigenvalue weighted by atomic mass is 10.2. The third-order valence-corrected chi connectivity index (χ3v) is 4.30. The van der Waals surface area contributed by atoms with E-state index in [0.29, 0.717) is 10.0 Å². The van der Waals surface area contributed by atoms with E-state index in [0.717, 1.165) is 30.0 Å². The fraction of sp³-hybridized carbons (Fsp3) is 0.538. The van der Waals surface area contributed by atoms with E-state index in [1.54, 1.807) is 11.8 Å². The van der Waals surface area contributed by atoms with Gasteiger partial charge in [0.25, 0.3) is 0 Å². The van der Waals surface area contributed by atoms with Crippen molar-refractivity contribution < 1.29 is 5.11 Å². The van der Waals surface area contributed by atoms with Gasteiger partial charge in [0.1, 0.15) is 0 Å². The molecule has 0 spiro atoms. The largest absolute Gasteiger partial charge is 0.395 e. The smallest absolute Gasteiger partial charge is 0.0603 e. The van der Waals surface area contributed by atoms with Gasteiger partial charge in [-0.2, -0.15) is 0 Å². The highest BCUT2D eigenvalue weighted by molar-refractivity contribution is 7.99. The van der Waals surface area contributed by atoms with Crippen LogP contribution in [0.1, 0.15) is 19.8 Å². The molecule has 0 amide bonds. The summed E-state index contributed by atoms with van der Waals surface area (Å²) >= 11 is 13.5. The van der Waals surface area contributed by atoms with Crippen molar-refractivity contribution in [3.63, 3.8) is 0 Å². The molecule has 18 heavy (non-hydrogen) atoms. The SMILES string of the molecule is CCCNC(CO)CCSc1ccc(Cl)c(Cl)c1. The van der Waals surface area contributed by atoms with Gasteiger partial charge in [-0.3, -0.25) is 0 Å². The van der Waals surface area contributed by atoms with Gasteiger partial charge in [-0.25, -0.2) is 0 Å². The summed E-state index contributed by atoms with van der Waals surface area (Å²) in [6.07, 6.45) is 2.01. The molecule has 1 unspecified atom stereocenters. The molecule has 2 nitrogen and oxygen atoms in total. The first-order valence-corrected chi connectivity index (χ1v) is 7.83. The summed E-state index contributed by atoms with van der Waals surface area (Å²) in [6.45, 7) is 3.25. The molecule has 0 heterocycles. The molecule has 1 atom stereocenters. The van der Waals surface area contributed by atoms with Crippen molar-refractivity contribution in [1.29, 1.82) is 0 Å². The van der Waals surface area contributed by atoms with E-state index in [2.05, 4.69) is 12.2 Å². The molecule has 1 rings (SSSR count). The quantitative estimate of drug-likeness (QED) is 0.716. The summed E-state index contributed by atoms with van der Waals surface area (Å²) < 4.78 is 0. The second-order valence-electron chi connectivity index (χ2n) is 4.05. The number of hydrogen-bond acceptors (Lipinski definition) is 3. The van der Waals surface area contributed by atoms with Crippen molar-refractivity contribution in [2.45, 2.75) is 30.7 Å². The number of halogens is 2. The lowest BCUT2D eigenvalue weighted by Gasteiger charge is -2.15. The fourth-order valence-corrected chi connectivity index (χ4v) is 2.86. The summed E-state index contributed by atoms with van der Waals surface area (Å²) in [5.74, 6) is 0.944. The minimum absolute atomic E-state index is 0.181. The minimum atomic E-state index is 0.181. The van der Waals surface area contributed by atoms with Crippen LogP contribution in [0.4, 0.5) is 0 Å². The number of thioether (sulfide) groups is 1. The third kappa shape index (κ3) is 5.81. The second-order valence-corrected chi connectivity index (χ2v) is 6.03. The Hall–Kier alpha value is 0.0700. The van der Waals surface area contributed by atoms with Crippen molar-refractivity contribution in [2.75, 3.05) is 18.9 Å². The lowest BCUT2D eigenvalue weighted by Crippen LogP contribution is -2.33. The number of hydrogen-bond donors (Lipinski definition) is 2. The van der Waals surface area contributed by atoms with Crippen molar-refractivity contribution in [3.8, 4) is 0 Å². The van der Waals surface area contributed by atoms with Crippen LogP contribution in [-0.4, -0.2) is 30.1 Å². The van der Waals surface area contributed by atoms with Crippen LogP contribution < -0.4 is 5.32 Å².